The number of hydrogen-bond acceptors (Lipinski definition) is 5. The van der Waals surface area contributed by atoms with Crippen molar-refractivity contribution in [2.45, 2.75) is 6.18 Å². The van der Waals surface area contributed by atoms with Gasteiger partial charge in [-0.1, -0.05) is 0 Å². The molecule has 0 fully saturated rings. The first-order chi connectivity index (χ1) is 8.97. The summed E-state index contributed by atoms with van der Waals surface area (Å²) in [5, 5.41) is 18.1. The summed E-state index contributed by atoms with van der Waals surface area (Å²) in [5.41, 5.74) is 0.110. The SMILES string of the molecule is COc1ccc(-n2nnnc2C(F)(F)F)cc1C#N. The molecule has 0 atom stereocenters. The highest BCUT2D eigenvalue weighted by atomic mass is 19.4. The van der Waals surface area contributed by atoms with E-state index in [9.17, 15) is 13.2 Å². The van der Waals surface area contributed by atoms with Crippen molar-refractivity contribution >= 4 is 0 Å². The fourth-order valence-electron chi connectivity index (χ4n) is 1.45. The van der Waals surface area contributed by atoms with Gasteiger partial charge < -0.3 is 4.74 Å². The zero-order valence-electron chi connectivity index (χ0n) is 9.51. The first-order valence-electron chi connectivity index (χ1n) is 4.91. The summed E-state index contributed by atoms with van der Waals surface area (Å²) in [6.07, 6.45) is -4.68. The minimum atomic E-state index is -4.68. The smallest absolute Gasteiger partial charge is 0.453 e. The molecule has 98 valence electrons. The average molecular weight is 269 g/mol. The number of rotatable bonds is 2. The zero-order chi connectivity index (χ0) is 14.0. The van der Waals surface area contributed by atoms with Gasteiger partial charge in [-0.05, 0) is 28.6 Å². The molecule has 0 spiro atoms. The van der Waals surface area contributed by atoms with E-state index < -0.39 is 12.0 Å². The largest absolute Gasteiger partial charge is 0.495 e. The molecule has 19 heavy (non-hydrogen) atoms. The molecule has 0 bridgehead atoms. The van der Waals surface area contributed by atoms with Crippen molar-refractivity contribution in [1.82, 2.24) is 20.2 Å². The van der Waals surface area contributed by atoms with E-state index in [1.165, 1.54) is 25.3 Å². The van der Waals surface area contributed by atoms with E-state index in [1.807, 2.05) is 6.07 Å². The van der Waals surface area contributed by atoms with Crippen LogP contribution in [-0.2, 0) is 6.18 Å². The summed E-state index contributed by atoms with van der Waals surface area (Å²) >= 11 is 0. The maximum atomic E-state index is 12.6. The number of nitrogens with zero attached hydrogens (tertiary/aromatic N) is 5. The number of halogens is 3. The molecule has 2 rings (SSSR count). The molecule has 6 nitrogen and oxygen atoms in total. The second-order valence-electron chi connectivity index (χ2n) is 3.41. The third-order valence-electron chi connectivity index (χ3n) is 2.27. The maximum Gasteiger partial charge on any atom is 0.453 e. The second kappa shape index (κ2) is 4.56. The molecule has 1 heterocycles. The number of alkyl halides is 3. The highest BCUT2D eigenvalue weighted by Crippen LogP contribution is 2.29. The monoisotopic (exact) mass is 269 g/mol. The Labute approximate surface area is 105 Å². The number of ether oxygens (including phenoxy) is 1. The Morgan fingerprint density at radius 3 is 2.68 bits per heavy atom. The molecule has 0 aliphatic rings. The fraction of sp³-hybridized carbons (Fsp3) is 0.200. The molecular formula is C10H6F3N5O. The van der Waals surface area contributed by atoms with Gasteiger partial charge in [-0.25, -0.2) is 0 Å². The van der Waals surface area contributed by atoms with Crippen LogP contribution in [0.3, 0.4) is 0 Å². The Bertz CT molecular complexity index is 643. The van der Waals surface area contributed by atoms with Crippen LogP contribution in [0.15, 0.2) is 18.2 Å². The third kappa shape index (κ3) is 2.33. The zero-order valence-corrected chi connectivity index (χ0v) is 9.51. The summed E-state index contributed by atoms with van der Waals surface area (Å²) in [4.78, 5) is 0. The van der Waals surface area contributed by atoms with Crippen molar-refractivity contribution < 1.29 is 17.9 Å². The third-order valence-corrected chi connectivity index (χ3v) is 2.27. The number of benzene rings is 1. The van der Waals surface area contributed by atoms with E-state index in [-0.39, 0.29) is 17.0 Å². The highest BCUT2D eigenvalue weighted by Gasteiger charge is 2.38. The van der Waals surface area contributed by atoms with Gasteiger partial charge in [0, 0.05) is 0 Å². The minimum Gasteiger partial charge on any atom is -0.495 e. The number of tetrazole rings is 1. The van der Waals surface area contributed by atoms with Crippen molar-refractivity contribution in [2.24, 2.45) is 0 Å². The molecule has 0 unspecified atom stereocenters. The van der Waals surface area contributed by atoms with Crippen LogP contribution in [0, 0.1) is 11.3 Å². The summed E-state index contributed by atoms with van der Waals surface area (Å²) in [6.45, 7) is 0. The van der Waals surface area contributed by atoms with Crippen LogP contribution in [-0.4, -0.2) is 27.3 Å². The average Bonchev–Trinajstić information content (AvgIpc) is 2.87. The molecule has 0 saturated carbocycles. The van der Waals surface area contributed by atoms with Gasteiger partial charge in [0.05, 0.1) is 18.4 Å². The molecule has 2 aromatic rings. The van der Waals surface area contributed by atoms with Crippen LogP contribution < -0.4 is 4.74 Å². The quantitative estimate of drug-likeness (QED) is 0.826. The number of aromatic nitrogens is 4. The predicted octanol–water partition coefficient (Wildman–Crippen LogP) is 1.56. The summed E-state index contributed by atoms with van der Waals surface area (Å²) in [5.74, 6) is -1.01. The standard InChI is InChI=1S/C10H6F3N5O/c1-19-8-3-2-7(4-6(8)5-14)18-9(10(11,12)13)15-16-17-18/h2-4H,1H3. The van der Waals surface area contributed by atoms with Crippen LogP contribution >= 0.6 is 0 Å². The van der Waals surface area contributed by atoms with E-state index in [0.717, 1.165) is 0 Å². The Morgan fingerprint density at radius 1 is 1.37 bits per heavy atom. The lowest BCUT2D eigenvalue weighted by Gasteiger charge is -2.08. The van der Waals surface area contributed by atoms with Crippen LogP contribution in [0.25, 0.3) is 5.69 Å². The molecule has 0 amide bonds. The van der Waals surface area contributed by atoms with Crippen molar-refractivity contribution in [1.29, 1.82) is 5.26 Å². The van der Waals surface area contributed by atoms with Crippen LogP contribution in [0.2, 0.25) is 0 Å². The van der Waals surface area contributed by atoms with Gasteiger partial charge >= 0.3 is 6.18 Å². The van der Waals surface area contributed by atoms with E-state index in [2.05, 4.69) is 15.5 Å². The minimum absolute atomic E-state index is 0.0228. The van der Waals surface area contributed by atoms with E-state index >= 15 is 0 Å². The molecule has 0 N–H and O–H groups in total. The van der Waals surface area contributed by atoms with E-state index in [0.29, 0.717) is 4.68 Å². The van der Waals surface area contributed by atoms with Crippen LogP contribution in [0.5, 0.6) is 5.75 Å². The Kier molecular flexibility index (Phi) is 3.08. The number of methoxy groups -OCH3 is 1. The first-order valence-corrected chi connectivity index (χ1v) is 4.91. The lowest BCUT2D eigenvalue weighted by molar-refractivity contribution is -0.146. The molecule has 0 aliphatic heterocycles. The van der Waals surface area contributed by atoms with Gasteiger partial charge in [0.25, 0.3) is 5.82 Å². The van der Waals surface area contributed by atoms with Gasteiger partial charge in [-0.2, -0.15) is 23.1 Å². The van der Waals surface area contributed by atoms with Crippen molar-refractivity contribution in [3.05, 3.63) is 29.6 Å². The maximum absolute atomic E-state index is 12.6. The van der Waals surface area contributed by atoms with E-state index in [1.54, 1.807) is 0 Å². The normalized spacial score (nSPS) is 11.1. The molecular weight excluding hydrogens is 263 g/mol. The van der Waals surface area contributed by atoms with E-state index in [4.69, 9.17) is 10.00 Å². The lowest BCUT2D eigenvalue weighted by atomic mass is 10.2. The molecule has 0 saturated heterocycles. The molecule has 9 heteroatoms. The first kappa shape index (κ1) is 12.8. The Morgan fingerprint density at radius 2 is 2.11 bits per heavy atom. The topological polar surface area (TPSA) is 76.6 Å². The molecule has 0 aliphatic carbocycles. The fourth-order valence-corrected chi connectivity index (χ4v) is 1.45. The highest BCUT2D eigenvalue weighted by molar-refractivity contribution is 5.50. The van der Waals surface area contributed by atoms with Gasteiger partial charge in [0.15, 0.2) is 0 Å². The summed E-state index contributed by atoms with van der Waals surface area (Å²) < 4.78 is 43.3. The molecule has 0 radical (unpaired) electrons. The second-order valence-corrected chi connectivity index (χ2v) is 3.41. The molecule has 1 aromatic carbocycles. The van der Waals surface area contributed by atoms with Crippen LogP contribution in [0.4, 0.5) is 13.2 Å². The lowest BCUT2D eigenvalue weighted by Crippen LogP contribution is -2.14. The van der Waals surface area contributed by atoms with Crippen molar-refractivity contribution in [3.8, 4) is 17.5 Å². The van der Waals surface area contributed by atoms with Crippen LogP contribution in [0.1, 0.15) is 11.4 Å². The van der Waals surface area contributed by atoms with Gasteiger partial charge in [-0.15, -0.1) is 5.10 Å². The van der Waals surface area contributed by atoms with Gasteiger partial charge in [0.2, 0.25) is 0 Å². The van der Waals surface area contributed by atoms with Crippen molar-refractivity contribution in [3.63, 3.8) is 0 Å². The number of hydrogen-bond donors (Lipinski definition) is 0. The Hall–Kier alpha value is -2.63. The molecule has 1 aromatic heterocycles. The number of nitriles is 1. The van der Waals surface area contributed by atoms with Gasteiger partial charge in [-0.3, -0.25) is 0 Å². The van der Waals surface area contributed by atoms with Crippen molar-refractivity contribution in [2.75, 3.05) is 7.11 Å². The summed E-state index contributed by atoms with van der Waals surface area (Å²) in [6, 6.07) is 5.73. The predicted molar refractivity (Wildman–Crippen MR) is 55.4 cm³/mol. The Balaban J connectivity index is 2.55. The summed E-state index contributed by atoms with van der Waals surface area (Å²) in [7, 11) is 1.36. The van der Waals surface area contributed by atoms with Gasteiger partial charge in [0.1, 0.15) is 11.8 Å².